The number of hydrogen-bond acceptors (Lipinski definition) is 8. The molecular weight excluding hydrogens is 504 g/mol. The molecule has 0 aliphatic carbocycles. The number of ether oxygens (including phenoxy) is 1. The number of primary amides is 1. The van der Waals surface area contributed by atoms with Gasteiger partial charge in [0.1, 0.15) is 5.56 Å². The zero-order chi connectivity index (χ0) is 26.8. The van der Waals surface area contributed by atoms with Gasteiger partial charge in [-0.1, -0.05) is 13.0 Å². The van der Waals surface area contributed by atoms with Gasteiger partial charge in [0.05, 0.1) is 40.3 Å². The van der Waals surface area contributed by atoms with E-state index in [0.717, 1.165) is 54.6 Å². The van der Waals surface area contributed by atoms with Gasteiger partial charge < -0.3 is 26.0 Å². The first-order chi connectivity index (χ1) is 18.3. The Morgan fingerprint density at radius 1 is 1.16 bits per heavy atom. The van der Waals surface area contributed by atoms with E-state index in [4.69, 9.17) is 15.5 Å². The number of pyridine rings is 1. The number of hydrogen-bond donors (Lipinski definition) is 3. The number of nitrogens with one attached hydrogen (secondary N) is 2. The number of carbonyl (C=O) groups excluding carboxylic acids is 3. The van der Waals surface area contributed by atoms with Crippen LogP contribution in [0.2, 0.25) is 0 Å². The predicted octanol–water partition coefficient (Wildman–Crippen LogP) is 3.20. The van der Waals surface area contributed by atoms with Crippen molar-refractivity contribution in [2.45, 2.75) is 44.6 Å². The summed E-state index contributed by atoms with van der Waals surface area (Å²) in [6.07, 6.45) is 5.22. The maximum Gasteiger partial charge on any atom is 0.313 e. The Bertz CT molecular complexity index is 1370. The molecule has 0 unspecified atom stereocenters. The number of piperidine rings is 2. The molecule has 0 spiro atoms. The molecule has 2 atom stereocenters. The molecule has 200 valence electrons. The fraction of sp³-hybridized carbons (Fsp3) is 0.444. The Labute approximate surface area is 225 Å². The monoisotopic (exact) mass is 536 g/mol. The summed E-state index contributed by atoms with van der Waals surface area (Å²) in [5.41, 5.74) is 7.52. The molecule has 2 fully saturated rings. The van der Waals surface area contributed by atoms with Crippen LogP contribution in [0.5, 0.6) is 5.88 Å². The minimum Gasteiger partial charge on any atom is -0.480 e. The largest absolute Gasteiger partial charge is 0.480 e. The number of methoxy groups -OCH3 is 1. The van der Waals surface area contributed by atoms with E-state index in [9.17, 15) is 14.4 Å². The maximum atomic E-state index is 13.4. The van der Waals surface area contributed by atoms with Crippen LogP contribution >= 0.6 is 11.3 Å². The molecular formula is C27H32N6O4S. The minimum atomic E-state index is -0.797. The van der Waals surface area contributed by atoms with E-state index in [0.29, 0.717) is 12.5 Å². The Morgan fingerprint density at radius 2 is 1.95 bits per heavy atom. The molecule has 1 aromatic carbocycles. The summed E-state index contributed by atoms with van der Waals surface area (Å²) in [7, 11) is 1.37. The molecule has 0 radical (unpaired) electrons. The summed E-state index contributed by atoms with van der Waals surface area (Å²) in [5.74, 6) is -1.38. The number of rotatable bonds is 5. The van der Waals surface area contributed by atoms with Gasteiger partial charge in [0.2, 0.25) is 5.88 Å². The zero-order valence-corrected chi connectivity index (χ0v) is 22.3. The highest BCUT2D eigenvalue weighted by Crippen LogP contribution is 2.37. The first-order valence-electron chi connectivity index (χ1n) is 12.9. The highest BCUT2D eigenvalue weighted by molar-refractivity contribution is 7.18. The van der Waals surface area contributed by atoms with Crippen LogP contribution in [0.1, 0.15) is 65.5 Å². The lowest BCUT2D eigenvalue weighted by Crippen LogP contribution is -2.46. The van der Waals surface area contributed by atoms with Crippen LogP contribution in [0, 0.1) is 5.92 Å². The van der Waals surface area contributed by atoms with E-state index in [2.05, 4.69) is 40.7 Å². The predicted molar refractivity (Wildman–Crippen MR) is 145 cm³/mol. The lowest BCUT2D eigenvalue weighted by atomic mass is 9.89. The third-order valence-corrected chi connectivity index (χ3v) is 8.54. The van der Waals surface area contributed by atoms with Crippen LogP contribution in [0.25, 0.3) is 10.2 Å². The van der Waals surface area contributed by atoms with Crippen molar-refractivity contribution in [3.63, 3.8) is 0 Å². The Balaban J connectivity index is 1.37. The van der Waals surface area contributed by atoms with Crippen LogP contribution in [0.15, 0.2) is 30.5 Å². The molecule has 2 aromatic heterocycles. The summed E-state index contributed by atoms with van der Waals surface area (Å²) >= 11 is 1.75. The van der Waals surface area contributed by atoms with Crippen molar-refractivity contribution in [1.82, 2.24) is 20.2 Å². The molecule has 3 amide bonds. The molecule has 5 rings (SSSR count). The second-order valence-corrected chi connectivity index (χ2v) is 11.1. The summed E-state index contributed by atoms with van der Waals surface area (Å²) in [6.45, 7) is 4.58. The average molecular weight is 537 g/mol. The Morgan fingerprint density at radius 3 is 2.68 bits per heavy atom. The molecule has 38 heavy (non-hydrogen) atoms. The van der Waals surface area contributed by atoms with Crippen molar-refractivity contribution in [3.8, 4) is 5.88 Å². The Kier molecular flexibility index (Phi) is 7.57. The van der Waals surface area contributed by atoms with Crippen LogP contribution in [-0.2, 0) is 9.59 Å². The van der Waals surface area contributed by atoms with Gasteiger partial charge in [0.15, 0.2) is 0 Å². The van der Waals surface area contributed by atoms with Crippen LogP contribution < -0.4 is 21.1 Å². The normalized spacial score (nSPS) is 20.3. The standard InChI is InChI=1S/C27H32N6O4S/c1-15-3-5-21(17-4-6-22-20(11-17)32-26(38-22)16-7-9-29-10-8-16)33(14-15)27(36)24(35)31-18-12-19(23(28)34)25(37-2)30-13-18/h4,6,11-13,15-16,21,29H,3,5,7-10,14H2,1-2H3,(H2,28,34)(H,31,35)/t15-,21+/m0/s1. The molecule has 10 nitrogen and oxygen atoms in total. The minimum absolute atomic E-state index is 0.0163. The van der Waals surface area contributed by atoms with Crippen molar-refractivity contribution >= 4 is 45.0 Å². The van der Waals surface area contributed by atoms with Crippen LogP contribution in [0.3, 0.4) is 0 Å². The van der Waals surface area contributed by atoms with Gasteiger partial charge in [-0.05, 0) is 68.5 Å². The van der Waals surface area contributed by atoms with E-state index in [-0.39, 0.29) is 29.1 Å². The fourth-order valence-corrected chi connectivity index (χ4v) is 6.43. The number of carbonyl (C=O) groups is 3. The number of nitrogens with zero attached hydrogens (tertiary/aromatic N) is 3. The summed E-state index contributed by atoms with van der Waals surface area (Å²) in [6, 6.07) is 7.33. The maximum absolute atomic E-state index is 13.4. The van der Waals surface area contributed by atoms with Crippen LogP contribution in [-0.4, -0.2) is 59.3 Å². The van der Waals surface area contributed by atoms with Gasteiger partial charge in [-0.25, -0.2) is 9.97 Å². The molecule has 2 aliphatic heterocycles. The molecule has 11 heteroatoms. The number of nitrogens with two attached hydrogens (primary N) is 1. The number of amides is 3. The summed E-state index contributed by atoms with van der Waals surface area (Å²) < 4.78 is 6.18. The van der Waals surface area contributed by atoms with Crippen molar-refractivity contribution in [1.29, 1.82) is 0 Å². The Hall–Kier alpha value is -3.57. The van der Waals surface area contributed by atoms with Gasteiger partial charge in [0, 0.05) is 12.5 Å². The topological polar surface area (TPSA) is 140 Å². The first-order valence-corrected chi connectivity index (χ1v) is 13.7. The molecule has 0 saturated carbocycles. The van der Waals surface area contributed by atoms with Crippen LogP contribution in [0.4, 0.5) is 5.69 Å². The molecule has 4 N–H and O–H groups in total. The number of likely N-dealkylation sites (tertiary alicyclic amines) is 1. The lowest BCUT2D eigenvalue weighted by molar-refractivity contribution is -0.146. The fourth-order valence-electron chi connectivity index (χ4n) is 5.31. The van der Waals surface area contributed by atoms with Gasteiger partial charge in [-0.2, -0.15) is 0 Å². The van der Waals surface area contributed by atoms with E-state index in [1.54, 1.807) is 16.2 Å². The van der Waals surface area contributed by atoms with E-state index < -0.39 is 17.7 Å². The SMILES string of the molecule is COc1ncc(NC(=O)C(=O)N2C[C@@H](C)CC[C@@H]2c2ccc3sc(C4CCNCC4)nc3c2)cc1C(N)=O. The zero-order valence-electron chi connectivity index (χ0n) is 21.5. The molecule has 2 saturated heterocycles. The number of aromatic nitrogens is 2. The van der Waals surface area contributed by atoms with E-state index >= 15 is 0 Å². The van der Waals surface area contributed by atoms with E-state index in [1.807, 2.05) is 0 Å². The third-order valence-electron chi connectivity index (χ3n) is 7.34. The highest BCUT2D eigenvalue weighted by Gasteiger charge is 2.34. The van der Waals surface area contributed by atoms with Crippen molar-refractivity contribution < 1.29 is 19.1 Å². The van der Waals surface area contributed by atoms with Crippen molar-refractivity contribution in [2.24, 2.45) is 11.7 Å². The van der Waals surface area contributed by atoms with Gasteiger partial charge in [0.25, 0.3) is 5.91 Å². The quantitative estimate of drug-likeness (QED) is 0.426. The number of benzene rings is 1. The first kappa shape index (κ1) is 26.1. The second-order valence-electron chi connectivity index (χ2n) is 10.1. The molecule has 0 bridgehead atoms. The van der Waals surface area contributed by atoms with Gasteiger partial charge >= 0.3 is 11.8 Å². The molecule has 4 heterocycles. The molecule has 3 aromatic rings. The van der Waals surface area contributed by atoms with Gasteiger partial charge in [-0.3, -0.25) is 14.4 Å². The van der Waals surface area contributed by atoms with Crippen molar-refractivity contribution in [3.05, 3.63) is 46.6 Å². The summed E-state index contributed by atoms with van der Waals surface area (Å²) in [5, 5.41) is 7.15. The lowest BCUT2D eigenvalue weighted by Gasteiger charge is -2.38. The number of fused-ring (bicyclic) bond motifs is 1. The van der Waals surface area contributed by atoms with Crippen molar-refractivity contribution in [2.75, 3.05) is 32.1 Å². The smallest absolute Gasteiger partial charge is 0.313 e. The van der Waals surface area contributed by atoms with Gasteiger partial charge in [-0.15, -0.1) is 11.3 Å². The molecule has 2 aliphatic rings. The van der Waals surface area contributed by atoms with E-state index in [1.165, 1.54) is 24.4 Å². The number of anilines is 1. The number of thiazole rings is 1. The second kappa shape index (κ2) is 11.0. The average Bonchev–Trinajstić information content (AvgIpc) is 3.36. The highest BCUT2D eigenvalue weighted by atomic mass is 32.1. The third kappa shape index (κ3) is 5.34. The summed E-state index contributed by atoms with van der Waals surface area (Å²) in [4.78, 5) is 48.8.